The molecule has 0 N–H and O–H groups in total. The van der Waals surface area contributed by atoms with Gasteiger partial charge in [0, 0.05) is 0 Å². The summed E-state index contributed by atoms with van der Waals surface area (Å²) < 4.78 is 41.4. The smallest absolute Gasteiger partial charge is 0.451 e. The van der Waals surface area contributed by atoms with Crippen molar-refractivity contribution in [3.05, 3.63) is 36.0 Å². The molecule has 2 atom stereocenters. The summed E-state index contributed by atoms with van der Waals surface area (Å²) in [5, 5.41) is 0. The van der Waals surface area contributed by atoms with E-state index in [-0.39, 0.29) is 0 Å². The Morgan fingerprint density at radius 1 is 1.29 bits per heavy atom. The molecule has 0 aromatic rings. The fourth-order valence-corrected chi connectivity index (χ4v) is 1.61. The van der Waals surface area contributed by atoms with Gasteiger partial charge in [-0.1, -0.05) is 24.3 Å². The Morgan fingerprint density at radius 3 is 2.65 bits per heavy atom. The fourth-order valence-electron chi connectivity index (χ4n) is 1.61. The number of ketones is 1. The molecule has 6 heteroatoms. The highest BCUT2D eigenvalue weighted by Crippen LogP contribution is 2.29. The second-order valence-corrected chi connectivity index (χ2v) is 3.61. The molecule has 0 saturated heterocycles. The van der Waals surface area contributed by atoms with Crippen LogP contribution in [-0.2, 0) is 14.3 Å². The molecule has 0 saturated carbocycles. The van der Waals surface area contributed by atoms with Crippen molar-refractivity contribution in [2.75, 3.05) is 0 Å². The minimum Gasteiger partial charge on any atom is -0.452 e. The monoisotopic (exact) mass is 244 g/mol. The second kappa shape index (κ2) is 3.87. The molecule has 0 fully saturated rings. The van der Waals surface area contributed by atoms with Crippen LogP contribution in [0.5, 0.6) is 0 Å². The summed E-state index contributed by atoms with van der Waals surface area (Å²) in [5.41, 5.74) is 0.384. The number of halogens is 3. The quantitative estimate of drug-likeness (QED) is 0.521. The zero-order valence-electron chi connectivity index (χ0n) is 8.40. The fraction of sp³-hybridized carbons (Fsp3) is 0.273. The van der Waals surface area contributed by atoms with Gasteiger partial charge in [0.15, 0.2) is 0 Å². The average Bonchev–Trinajstić information content (AvgIpc) is 2.26. The molecule has 1 heterocycles. The predicted molar refractivity (Wildman–Crippen MR) is 50.8 cm³/mol. The van der Waals surface area contributed by atoms with Crippen LogP contribution in [0.25, 0.3) is 0 Å². The number of fused-ring (bicyclic) bond motifs is 1. The first-order valence-corrected chi connectivity index (χ1v) is 4.78. The molecule has 90 valence electrons. The molecular formula is C11H7F3O3. The van der Waals surface area contributed by atoms with Crippen molar-refractivity contribution >= 4 is 11.8 Å². The van der Waals surface area contributed by atoms with Crippen molar-refractivity contribution in [1.82, 2.24) is 0 Å². The highest BCUT2D eigenvalue weighted by Gasteiger charge is 2.48. The molecule has 17 heavy (non-hydrogen) atoms. The lowest BCUT2D eigenvalue weighted by molar-refractivity contribution is -0.180. The van der Waals surface area contributed by atoms with Crippen molar-refractivity contribution in [2.24, 2.45) is 5.92 Å². The number of hydrogen-bond donors (Lipinski definition) is 0. The number of allylic oxidation sites excluding steroid dienone is 2. The van der Waals surface area contributed by atoms with E-state index in [9.17, 15) is 22.8 Å². The lowest BCUT2D eigenvalue weighted by atomic mass is 9.93. The van der Waals surface area contributed by atoms with Gasteiger partial charge < -0.3 is 4.74 Å². The van der Waals surface area contributed by atoms with E-state index >= 15 is 0 Å². The summed E-state index contributed by atoms with van der Waals surface area (Å²) in [6, 6.07) is 0. The average molecular weight is 244 g/mol. The minimum atomic E-state index is -5.04. The van der Waals surface area contributed by atoms with Gasteiger partial charge >= 0.3 is 12.1 Å². The Labute approximate surface area is 94.2 Å². The molecule has 3 nitrogen and oxygen atoms in total. The van der Waals surface area contributed by atoms with Crippen LogP contribution in [0.15, 0.2) is 36.0 Å². The van der Waals surface area contributed by atoms with Gasteiger partial charge in [0.2, 0.25) is 0 Å². The third-order valence-electron chi connectivity index (χ3n) is 2.43. The number of hydrogen-bond acceptors (Lipinski definition) is 3. The number of ether oxygens (including phenoxy) is 1. The molecule has 1 aliphatic carbocycles. The summed E-state index contributed by atoms with van der Waals surface area (Å²) in [5.74, 6) is -5.16. The van der Waals surface area contributed by atoms with E-state index in [1.165, 1.54) is 12.2 Å². The SMILES string of the molecule is O=C1O[C@H]2C=CC=CC2=C[C@@H]1C(=O)C(F)(F)F. The van der Waals surface area contributed by atoms with Crippen LogP contribution < -0.4 is 0 Å². The first-order chi connectivity index (χ1) is 7.89. The van der Waals surface area contributed by atoms with Crippen molar-refractivity contribution in [1.29, 1.82) is 0 Å². The van der Waals surface area contributed by atoms with Gasteiger partial charge in [0.1, 0.15) is 12.0 Å². The molecule has 1 aliphatic heterocycles. The Kier molecular flexibility index (Phi) is 2.65. The molecule has 0 bridgehead atoms. The Morgan fingerprint density at radius 2 is 2.00 bits per heavy atom. The Hall–Kier alpha value is -1.85. The van der Waals surface area contributed by atoms with Crippen LogP contribution in [0, 0.1) is 5.92 Å². The van der Waals surface area contributed by atoms with Crippen molar-refractivity contribution < 1.29 is 27.5 Å². The van der Waals surface area contributed by atoms with E-state index in [4.69, 9.17) is 4.74 Å². The maximum atomic E-state index is 12.2. The second-order valence-electron chi connectivity index (χ2n) is 3.61. The number of esters is 1. The van der Waals surface area contributed by atoms with E-state index in [0.717, 1.165) is 6.08 Å². The van der Waals surface area contributed by atoms with E-state index in [0.29, 0.717) is 5.57 Å². The van der Waals surface area contributed by atoms with Gasteiger partial charge in [0.05, 0.1) is 0 Å². The summed E-state index contributed by atoms with van der Waals surface area (Å²) in [4.78, 5) is 22.3. The van der Waals surface area contributed by atoms with Crippen LogP contribution >= 0.6 is 0 Å². The van der Waals surface area contributed by atoms with Crippen LogP contribution in [0.1, 0.15) is 0 Å². The van der Waals surface area contributed by atoms with E-state index in [2.05, 4.69) is 0 Å². The van der Waals surface area contributed by atoms with Crippen LogP contribution in [0.2, 0.25) is 0 Å². The first kappa shape index (κ1) is 11.6. The van der Waals surface area contributed by atoms with Gasteiger partial charge in [-0.2, -0.15) is 13.2 Å². The molecule has 2 aliphatic rings. The van der Waals surface area contributed by atoms with Gasteiger partial charge in [-0.15, -0.1) is 0 Å². The summed E-state index contributed by atoms with van der Waals surface area (Å²) in [6.45, 7) is 0. The molecule has 0 unspecified atom stereocenters. The van der Waals surface area contributed by atoms with E-state index < -0.39 is 30.0 Å². The standard InChI is InChI=1S/C11H7F3O3/c12-11(13,14)9(15)7-5-6-3-1-2-4-8(6)17-10(7)16/h1-5,7-8H/t7-,8+/m1/s1. The molecular weight excluding hydrogens is 237 g/mol. The minimum absolute atomic E-state index is 0.384. The maximum absolute atomic E-state index is 12.2. The number of Topliss-reactive ketones (excluding diaryl/α,β-unsaturated/α-hetero) is 1. The maximum Gasteiger partial charge on any atom is 0.451 e. The Bertz CT molecular complexity index is 457. The number of alkyl halides is 3. The van der Waals surface area contributed by atoms with Gasteiger partial charge in [-0.05, 0) is 11.6 Å². The summed E-state index contributed by atoms with van der Waals surface area (Å²) in [6.07, 6.45) is 1.52. The Balaban J connectivity index is 2.31. The molecule has 0 radical (unpaired) electrons. The summed E-state index contributed by atoms with van der Waals surface area (Å²) >= 11 is 0. The topological polar surface area (TPSA) is 43.4 Å². The largest absolute Gasteiger partial charge is 0.452 e. The van der Waals surface area contributed by atoms with Crippen LogP contribution in [0.4, 0.5) is 13.2 Å². The normalized spacial score (nSPS) is 27.2. The van der Waals surface area contributed by atoms with Gasteiger partial charge in [0.25, 0.3) is 5.78 Å². The molecule has 0 aromatic heterocycles. The van der Waals surface area contributed by atoms with Gasteiger partial charge in [-0.25, -0.2) is 0 Å². The third-order valence-corrected chi connectivity index (χ3v) is 2.43. The van der Waals surface area contributed by atoms with E-state index in [1.54, 1.807) is 12.2 Å². The molecule has 2 rings (SSSR count). The zero-order valence-corrected chi connectivity index (χ0v) is 8.40. The highest BCUT2D eigenvalue weighted by molar-refractivity contribution is 6.04. The molecule has 0 amide bonds. The number of carbonyl (C=O) groups is 2. The van der Waals surface area contributed by atoms with Crippen molar-refractivity contribution in [3.8, 4) is 0 Å². The van der Waals surface area contributed by atoms with Gasteiger partial charge in [-0.3, -0.25) is 9.59 Å². The lowest BCUT2D eigenvalue weighted by Crippen LogP contribution is -2.40. The van der Waals surface area contributed by atoms with Crippen LogP contribution in [0.3, 0.4) is 0 Å². The van der Waals surface area contributed by atoms with E-state index in [1.807, 2.05) is 0 Å². The molecule has 0 aromatic carbocycles. The zero-order chi connectivity index (χ0) is 12.6. The molecule has 0 spiro atoms. The number of carbonyl (C=O) groups excluding carboxylic acids is 2. The lowest BCUT2D eigenvalue weighted by Gasteiger charge is -2.26. The first-order valence-electron chi connectivity index (χ1n) is 4.78. The van der Waals surface area contributed by atoms with Crippen molar-refractivity contribution in [2.45, 2.75) is 12.3 Å². The van der Waals surface area contributed by atoms with Crippen molar-refractivity contribution in [3.63, 3.8) is 0 Å². The predicted octanol–water partition coefficient (Wildman–Crippen LogP) is 1.71. The van der Waals surface area contributed by atoms with Crippen LogP contribution in [-0.4, -0.2) is 24.0 Å². The number of rotatable bonds is 1. The summed E-state index contributed by atoms with van der Waals surface area (Å²) in [7, 11) is 0. The third kappa shape index (κ3) is 2.15. The highest BCUT2D eigenvalue weighted by atomic mass is 19.4.